The lowest BCUT2D eigenvalue weighted by molar-refractivity contribution is -0.384. The van der Waals surface area contributed by atoms with Gasteiger partial charge < -0.3 is 15.0 Å². The van der Waals surface area contributed by atoms with E-state index in [0.717, 1.165) is 17.0 Å². The number of nitro benzene ring substituents is 1. The molecule has 0 aliphatic rings. The number of ether oxygens (including phenoxy) is 1. The Morgan fingerprint density at radius 2 is 1.90 bits per heavy atom. The zero-order chi connectivity index (χ0) is 21.9. The van der Waals surface area contributed by atoms with Gasteiger partial charge in [-0.15, -0.1) is 0 Å². The summed E-state index contributed by atoms with van der Waals surface area (Å²) in [6, 6.07) is 8.96. The fourth-order valence-electron chi connectivity index (χ4n) is 2.78. The van der Waals surface area contributed by atoms with Gasteiger partial charge in [0.05, 0.1) is 16.9 Å². The Balaban J connectivity index is 1.61. The van der Waals surface area contributed by atoms with E-state index in [9.17, 15) is 32.9 Å². The number of nitrogens with zero attached hydrogens (tertiary/aromatic N) is 1. The van der Waals surface area contributed by atoms with Crippen molar-refractivity contribution in [2.75, 3.05) is 11.9 Å². The highest BCUT2D eigenvalue weighted by atomic mass is 19.4. The minimum absolute atomic E-state index is 0.113. The van der Waals surface area contributed by atoms with Crippen LogP contribution in [0.2, 0.25) is 0 Å². The largest absolute Gasteiger partial charge is 0.455 e. The van der Waals surface area contributed by atoms with Crippen molar-refractivity contribution in [2.45, 2.75) is 12.6 Å². The number of nitrogens with one attached hydrogen (secondary N) is 2. The third-order valence-electron chi connectivity index (χ3n) is 4.17. The second-order valence-corrected chi connectivity index (χ2v) is 6.23. The van der Waals surface area contributed by atoms with Gasteiger partial charge in [-0.1, -0.05) is 18.2 Å². The molecule has 3 rings (SSSR count). The number of aromatic amines is 1. The van der Waals surface area contributed by atoms with Crippen molar-refractivity contribution >= 4 is 34.2 Å². The van der Waals surface area contributed by atoms with Gasteiger partial charge in [-0.3, -0.25) is 19.7 Å². The number of benzene rings is 2. The predicted octanol–water partition coefficient (Wildman–Crippen LogP) is 3.82. The quantitative estimate of drug-likeness (QED) is 0.357. The SMILES string of the molecule is O=C(COC(=O)Cc1c[nH]c2ccccc12)Nc1ccc(C(F)(F)F)cc1[N+](=O)[O-]. The molecule has 0 fully saturated rings. The van der Waals surface area contributed by atoms with E-state index in [1.807, 2.05) is 18.2 Å². The highest BCUT2D eigenvalue weighted by molar-refractivity contribution is 5.95. The summed E-state index contributed by atoms with van der Waals surface area (Å²) in [5.41, 5.74) is -1.10. The first kappa shape index (κ1) is 20.8. The monoisotopic (exact) mass is 421 g/mol. The molecule has 2 N–H and O–H groups in total. The standard InChI is InChI=1S/C19H14F3N3O5/c20-19(21,22)12-5-6-15(16(8-12)25(28)29)24-17(26)10-30-18(27)7-11-9-23-14-4-2-1-3-13(11)14/h1-6,8-9,23H,7,10H2,(H,24,26). The predicted molar refractivity (Wildman–Crippen MR) is 99.7 cm³/mol. The first-order valence-corrected chi connectivity index (χ1v) is 8.51. The van der Waals surface area contributed by atoms with Crippen molar-refractivity contribution in [3.05, 3.63) is 69.9 Å². The highest BCUT2D eigenvalue weighted by Gasteiger charge is 2.33. The molecule has 0 atom stereocenters. The van der Waals surface area contributed by atoms with E-state index in [1.54, 1.807) is 12.3 Å². The van der Waals surface area contributed by atoms with Crippen LogP contribution in [0.4, 0.5) is 24.5 Å². The number of carbonyl (C=O) groups excluding carboxylic acids is 2. The Labute approximate surface area is 166 Å². The first-order valence-electron chi connectivity index (χ1n) is 8.51. The number of esters is 1. The van der Waals surface area contributed by atoms with E-state index in [1.165, 1.54) is 0 Å². The number of fused-ring (bicyclic) bond motifs is 1. The molecule has 30 heavy (non-hydrogen) atoms. The Hall–Kier alpha value is -3.89. The number of para-hydroxylation sites is 1. The summed E-state index contributed by atoms with van der Waals surface area (Å²) in [7, 11) is 0. The molecule has 2 aromatic carbocycles. The van der Waals surface area contributed by atoms with E-state index in [-0.39, 0.29) is 6.42 Å². The van der Waals surface area contributed by atoms with E-state index >= 15 is 0 Å². The lowest BCUT2D eigenvalue weighted by Gasteiger charge is -2.10. The van der Waals surface area contributed by atoms with Crippen LogP contribution in [0.5, 0.6) is 0 Å². The molecule has 0 aliphatic heterocycles. The van der Waals surface area contributed by atoms with E-state index in [0.29, 0.717) is 17.7 Å². The van der Waals surface area contributed by atoms with Gasteiger partial charge in [0, 0.05) is 23.2 Å². The van der Waals surface area contributed by atoms with Crippen LogP contribution in [-0.4, -0.2) is 28.4 Å². The van der Waals surface area contributed by atoms with E-state index in [4.69, 9.17) is 4.74 Å². The third kappa shape index (κ3) is 4.74. The minimum atomic E-state index is -4.77. The molecule has 0 bridgehead atoms. The van der Waals surface area contributed by atoms with Crippen LogP contribution in [0.1, 0.15) is 11.1 Å². The molecule has 8 nitrogen and oxygen atoms in total. The van der Waals surface area contributed by atoms with Crippen molar-refractivity contribution in [1.82, 2.24) is 4.98 Å². The normalized spacial score (nSPS) is 11.3. The molecule has 0 unspecified atom stereocenters. The number of hydrogen-bond acceptors (Lipinski definition) is 5. The van der Waals surface area contributed by atoms with Gasteiger partial charge in [-0.05, 0) is 23.8 Å². The summed E-state index contributed by atoms with van der Waals surface area (Å²) < 4.78 is 43.0. The zero-order valence-corrected chi connectivity index (χ0v) is 15.2. The average molecular weight is 421 g/mol. The van der Waals surface area contributed by atoms with Gasteiger partial charge >= 0.3 is 12.1 Å². The van der Waals surface area contributed by atoms with Crippen LogP contribution in [0.15, 0.2) is 48.7 Å². The fourth-order valence-corrected chi connectivity index (χ4v) is 2.78. The molecular weight excluding hydrogens is 407 g/mol. The Morgan fingerprint density at radius 3 is 2.60 bits per heavy atom. The van der Waals surface area contributed by atoms with Crippen LogP contribution in [0.25, 0.3) is 10.9 Å². The summed E-state index contributed by atoms with van der Waals surface area (Å²) in [5.74, 6) is -1.64. The van der Waals surface area contributed by atoms with Crippen molar-refractivity contribution in [3.8, 4) is 0 Å². The van der Waals surface area contributed by atoms with Crippen LogP contribution in [0.3, 0.4) is 0 Å². The number of rotatable bonds is 6. The molecule has 156 valence electrons. The van der Waals surface area contributed by atoms with Crippen molar-refractivity contribution in [3.63, 3.8) is 0 Å². The Kier molecular flexibility index (Phi) is 5.72. The van der Waals surface area contributed by atoms with Crippen LogP contribution in [0, 0.1) is 10.1 Å². The number of nitro groups is 1. The Morgan fingerprint density at radius 1 is 1.17 bits per heavy atom. The number of aromatic nitrogens is 1. The zero-order valence-electron chi connectivity index (χ0n) is 15.2. The highest BCUT2D eigenvalue weighted by Crippen LogP contribution is 2.34. The average Bonchev–Trinajstić information content (AvgIpc) is 3.08. The molecule has 0 radical (unpaired) electrons. The summed E-state index contributed by atoms with van der Waals surface area (Å²) in [4.78, 5) is 36.9. The molecule has 1 heterocycles. The summed E-state index contributed by atoms with van der Waals surface area (Å²) >= 11 is 0. The molecule has 11 heteroatoms. The summed E-state index contributed by atoms with van der Waals surface area (Å²) in [6.45, 7) is -0.751. The van der Waals surface area contributed by atoms with E-state index < -0.39 is 46.5 Å². The minimum Gasteiger partial charge on any atom is -0.455 e. The first-order chi connectivity index (χ1) is 14.1. The number of hydrogen-bond donors (Lipinski definition) is 2. The van der Waals surface area contributed by atoms with Gasteiger partial charge in [0.25, 0.3) is 11.6 Å². The number of carbonyl (C=O) groups is 2. The number of alkyl halides is 3. The van der Waals surface area contributed by atoms with Gasteiger partial charge in [0.1, 0.15) is 5.69 Å². The summed E-state index contributed by atoms with van der Waals surface area (Å²) in [5, 5.41) is 13.9. The van der Waals surface area contributed by atoms with Gasteiger partial charge in [0.15, 0.2) is 6.61 Å². The third-order valence-corrected chi connectivity index (χ3v) is 4.17. The van der Waals surface area contributed by atoms with E-state index in [2.05, 4.69) is 10.3 Å². The number of anilines is 1. The van der Waals surface area contributed by atoms with Crippen molar-refractivity contribution < 1.29 is 32.4 Å². The molecule has 3 aromatic rings. The van der Waals surface area contributed by atoms with Crippen LogP contribution in [-0.2, 0) is 26.9 Å². The molecule has 1 amide bonds. The van der Waals surface area contributed by atoms with Crippen molar-refractivity contribution in [2.24, 2.45) is 0 Å². The van der Waals surface area contributed by atoms with Crippen molar-refractivity contribution in [1.29, 1.82) is 0 Å². The number of halogens is 3. The second-order valence-electron chi connectivity index (χ2n) is 6.23. The molecule has 0 saturated heterocycles. The maximum atomic E-state index is 12.7. The Bertz CT molecular complexity index is 1120. The molecule has 0 aliphatic carbocycles. The molecule has 0 spiro atoms. The van der Waals surface area contributed by atoms with Gasteiger partial charge in [-0.25, -0.2) is 0 Å². The molecule has 0 saturated carbocycles. The molecular formula is C19H14F3N3O5. The number of amides is 1. The van der Waals surface area contributed by atoms with Crippen LogP contribution < -0.4 is 5.32 Å². The van der Waals surface area contributed by atoms with Crippen LogP contribution >= 0.6 is 0 Å². The lowest BCUT2D eigenvalue weighted by atomic mass is 10.1. The topological polar surface area (TPSA) is 114 Å². The lowest BCUT2D eigenvalue weighted by Crippen LogP contribution is -2.22. The number of H-pyrrole nitrogens is 1. The molecule has 1 aromatic heterocycles. The van der Waals surface area contributed by atoms with Gasteiger partial charge in [-0.2, -0.15) is 13.2 Å². The maximum Gasteiger partial charge on any atom is 0.416 e. The second kappa shape index (κ2) is 8.23. The van der Waals surface area contributed by atoms with Gasteiger partial charge in [0.2, 0.25) is 0 Å². The summed E-state index contributed by atoms with van der Waals surface area (Å²) in [6.07, 6.45) is -3.25. The smallest absolute Gasteiger partial charge is 0.416 e. The fraction of sp³-hybridized carbons (Fsp3) is 0.158. The maximum absolute atomic E-state index is 12.7.